The van der Waals surface area contributed by atoms with E-state index in [0.717, 1.165) is 12.8 Å². The summed E-state index contributed by atoms with van der Waals surface area (Å²) in [6.07, 6.45) is 5.06. The van der Waals surface area contributed by atoms with Crippen molar-refractivity contribution in [1.82, 2.24) is 9.46 Å². The summed E-state index contributed by atoms with van der Waals surface area (Å²) in [5.41, 5.74) is 1.70. The molecule has 0 aliphatic carbocycles. The number of aromatic nitrogens is 1. The first-order chi connectivity index (χ1) is 13.3. The van der Waals surface area contributed by atoms with Crippen LogP contribution in [0, 0.1) is 6.92 Å². The van der Waals surface area contributed by atoms with E-state index in [-0.39, 0.29) is 10.8 Å². The second-order valence-electron chi connectivity index (χ2n) is 6.54. The minimum Gasteiger partial charge on any atom is -0.495 e. The third-order valence-corrected chi connectivity index (χ3v) is 6.41. The van der Waals surface area contributed by atoms with Gasteiger partial charge in [0.05, 0.1) is 7.11 Å². The molecular weight excluding hydrogens is 382 g/mol. The van der Waals surface area contributed by atoms with Crippen LogP contribution in [0.25, 0.3) is 12.2 Å². The zero-order chi connectivity index (χ0) is 20.3. The Morgan fingerprint density at radius 3 is 2.64 bits per heavy atom. The highest BCUT2D eigenvalue weighted by molar-refractivity contribution is 7.89. The molecule has 0 atom stereocenters. The summed E-state index contributed by atoms with van der Waals surface area (Å²) >= 11 is 0. The number of anilines is 1. The number of ether oxygens (including phenoxy) is 1. The normalized spacial score (nSPS) is 15.2. The van der Waals surface area contributed by atoms with Crippen LogP contribution < -0.4 is 10.1 Å². The Morgan fingerprint density at radius 2 is 2.00 bits per heavy atom. The number of nitrogens with zero attached hydrogens (tertiary/aromatic N) is 2. The van der Waals surface area contributed by atoms with E-state index in [1.54, 1.807) is 37.3 Å². The summed E-state index contributed by atoms with van der Waals surface area (Å²) in [6.45, 7) is 4.16. The van der Waals surface area contributed by atoms with Crippen molar-refractivity contribution in [3.63, 3.8) is 0 Å². The van der Waals surface area contributed by atoms with Crippen LogP contribution >= 0.6 is 0 Å². The summed E-state index contributed by atoms with van der Waals surface area (Å²) in [6, 6.07) is 4.95. The number of rotatable bonds is 6. The maximum absolute atomic E-state index is 13.0. The van der Waals surface area contributed by atoms with Crippen LogP contribution in [0.5, 0.6) is 5.75 Å². The quantitative estimate of drug-likeness (QED) is 0.793. The molecule has 2 aromatic rings. The van der Waals surface area contributed by atoms with Gasteiger partial charge in [-0.05, 0) is 43.5 Å². The third kappa shape index (κ3) is 4.10. The molecule has 1 amide bonds. The first-order valence-corrected chi connectivity index (χ1v) is 10.4. The Bertz CT molecular complexity index is 1000. The van der Waals surface area contributed by atoms with Crippen molar-refractivity contribution in [2.24, 2.45) is 0 Å². The molecule has 0 radical (unpaired) electrons. The lowest BCUT2D eigenvalue weighted by Crippen LogP contribution is -2.28. The van der Waals surface area contributed by atoms with Gasteiger partial charge in [0.15, 0.2) is 5.76 Å². The van der Waals surface area contributed by atoms with E-state index in [2.05, 4.69) is 10.5 Å². The molecule has 8 nitrogen and oxygen atoms in total. The minimum atomic E-state index is -3.63. The Hall–Kier alpha value is -2.65. The molecule has 2 heterocycles. The number of benzene rings is 1. The molecule has 28 heavy (non-hydrogen) atoms. The minimum absolute atomic E-state index is 0.134. The molecular formula is C19H23N3O5S. The van der Waals surface area contributed by atoms with Crippen molar-refractivity contribution in [3.05, 3.63) is 35.2 Å². The number of carbonyl (C=O) groups excluding carboxylic acids is 1. The molecule has 1 saturated heterocycles. The predicted octanol–water partition coefficient (Wildman–Crippen LogP) is 2.90. The van der Waals surface area contributed by atoms with Gasteiger partial charge in [-0.1, -0.05) is 17.3 Å². The largest absolute Gasteiger partial charge is 0.495 e. The van der Waals surface area contributed by atoms with Crippen LogP contribution in [0.15, 0.2) is 27.6 Å². The summed E-state index contributed by atoms with van der Waals surface area (Å²) in [7, 11) is -2.18. The van der Waals surface area contributed by atoms with Gasteiger partial charge in [0, 0.05) is 20.0 Å². The van der Waals surface area contributed by atoms with Crippen LogP contribution in [-0.2, 0) is 14.8 Å². The van der Waals surface area contributed by atoms with Crippen LogP contribution in [0.2, 0.25) is 0 Å². The van der Waals surface area contributed by atoms with Crippen molar-refractivity contribution in [2.45, 2.75) is 31.6 Å². The lowest BCUT2D eigenvalue weighted by molar-refractivity contribution is -0.114. The van der Waals surface area contributed by atoms with Gasteiger partial charge in [-0.2, -0.15) is 4.31 Å². The van der Waals surface area contributed by atoms with Gasteiger partial charge in [0.25, 0.3) is 0 Å². The van der Waals surface area contributed by atoms with Gasteiger partial charge in [0.1, 0.15) is 22.0 Å². The predicted molar refractivity (Wildman–Crippen MR) is 105 cm³/mol. The lowest BCUT2D eigenvalue weighted by atomic mass is 10.2. The van der Waals surface area contributed by atoms with Crippen LogP contribution in [0.4, 0.5) is 5.69 Å². The van der Waals surface area contributed by atoms with E-state index in [1.165, 1.54) is 18.3 Å². The van der Waals surface area contributed by atoms with Gasteiger partial charge < -0.3 is 14.6 Å². The van der Waals surface area contributed by atoms with E-state index < -0.39 is 10.0 Å². The fourth-order valence-corrected chi connectivity index (χ4v) is 4.77. The molecule has 0 spiro atoms. The lowest BCUT2D eigenvalue weighted by Gasteiger charge is -2.18. The van der Waals surface area contributed by atoms with Crippen molar-refractivity contribution in [3.8, 4) is 5.75 Å². The fourth-order valence-electron chi connectivity index (χ4n) is 3.07. The Labute approximate surface area is 164 Å². The first kappa shape index (κ1) is 20.1. The topological polar surface area (TPSA) is 102 Å². The summed E-state index contributed by atoms with van der Waals surface area (Å²) in [5, 5.41) is 6.53. The van der Waals surface area contributed by atoms with Crippen LogP contribution in [0.3, 0.4) is 0 Å². The SMILES string of the molecule is COc1ccc(/C=C\c2onc(C)c2NC(C)=O)cc1S(=O)(=O)N1CCCC1. The molecule has 1 aliphatic rings. The van der Waals surface area contributed by atoms with E-state index in [9.17, 15) is 13.2 Å². The second-order valence-corrected chi connectivity index (χ2v) is 8.45. The summed E-state index contributed by atoms with van der Waals surface area (Å²) in [5.74, 6) is 0.454. The Morgan fingerprint density at radius 1 is 1.29 bits per heavy atom. The summed E-state index contributed by atoms with van der Waals surface area (Å²) < 4.78 is 37.9. The molecule has 1 aromatic heterocycles. The Kier molecular flexibility index (Phi) is 5.85. The van der Waals surface area contributed by atoms with Gasteiger partial charge in [-0.25, -0.2) is 8.42 Å². The van der Waals surface area contributed by atoms with E-state index in [1.807, 2.05) is 0 Å². The molecule has 3 rings (SSSR count). The zero-order valence-electron chi connectivity index (χ0n) is 16.1. The molecule has 150 valence electrons. The number of amides is 1. The summed E-state index contributed by atoms with van der Waals surface area (Å²) in [4.78, 5) is 11.5. The number of aryl methyl sites for hydroxylation is 1. The second kappa shape index (κ2) is 8.15. The number of carbonyl (C=O) groups is 1. The molecule has 0 saturated carbocycles. The van der Waals surface area contributed by atoms with Gasteiger partial charge >= 0.3 is 0 Å². The fraction of sp³-hybridized carbons (Fsp3) is 0.368. The number of hydrogen-bond acceptors (Lipinski definition) is 6. The number of nitrogens with one attached hydrogen (secondary N) is 1. The van der Waals surface area contributed by atoms with Gasteiger partial charge in [-0.15, -0.1) is 0 Å². The highest BCUT2D eigenvalue weighted by Gasteiger charge is 2.30. The third-order valence-electron chi connectivity index (χ3n) is 4.49. The molecule has 1 aromatic carbocycles. The molecule has 0 bridgehead atoms. The van der Waals surface area contributed by atoms with Crippen LogP contribution in [0.1, 0.15) is 36.8 Å². The molecule has 0 unspecified atom stereocenters. The average Bonchev–Trinajstić information content (AvgIpc) is 3.31. The highest BCUT2D eigenvalue weighted by atomic mass is 32.2. The van der Waals surface area contributed by atoms with Crippen molar-refractivity contribution in [1.29, 1.82) is 0 Å². The number of sulfonamides is 1. The molecule has 9 heteroatoms. The van der Waals surface area contributed by atoms with E-state index >= 15 is 0 Å². The zero-order valence-corrected chi connectivity index (χ0v) is 16.9. The molecule has 1 N–H and O–H groups in total. The highest BCUT2D eigenvalue weighted by Crippen LogP contribution is 2.31. The molecule has 1 fully saturated rings. The first-order valence-electron chi connectivity index (χ1n) is 8.93. The maximum atomic E-state index is 13.0. The van der Waals surface area contributed by atoms with E-state index in [4.69, 9.17) is 9.26 Å². The smallest absolute Gasteiger partial charge is 0.246 e. The van der Waals surface area contributed by atoms with Gasteiger partial charge in [0.2, 0.25) is 15.9 Å². The Balaban J connectivity index is 1.94. The van der Waals surface area contributed by atoms with Crippen molar-refractivity contribution < 1.29 is 22.5 Å². The average molecular weight is 405 g/mol. The van der Waals surface area contributed by atoms with Crippen molar-refractivity contribution in [2.75, 3.05) is 25.5 Å². The number of methoxy groups -OCH3 is 1. The number of hydrogen-bond donors (Lipinski definition) is 1. The molecule has 1 aliphatic heterocycles. The van der Waals surface area contributed by atoms with Crippen molar-refractivity contribution >= 4 is 33.8 Å². The monoisotopic (exact) mass is 405 g/mol. The van der Waals surface area contributed by atoms with Crippen LogP contribution in [-0.4, -0.2) is 44.0 Å². The standard InChI is InChI=1S/C19H23N3O5S/c1-13-19(20-14(2)23)17(27-21-13)9-7-15-6-8-16(26-3)18(12-15)28(24,25)22-10-4-5-11-22/h6-9,12H,4-5,10-11H2,1-3H3,(H,20,23)/b9-7-. The van der Waals surface area contributed by atoms with Gasteiger partial charge in [-0.3, -0.25) is 4.79 Å². The van der Waals surface area contributed by atoms with E-state index in [0.29, 0.717) is 41.5 Å². The maximum Gasteiger partial charge on any atom is 0.246 e.